The molecule has 0 aliphatic carbocycles. The van der Waals surface area contributed by atoms with Crippen LogP contribution in [0.4, 0.5) is 0 Å². The zero-order chi connectivity index (χ0) is 25.0. The number of nitrogens with zero attached hydrogens (tertiary/aromatic N) is 1. The van der Waals surface area contributed by atoms with Crippen molar-refractivity contribution in [3.8, 4) is 5.75 Å². The number of amides is 1. The molecule has 1 atom stereocenters. The van der Waals surface area contributed by atoms with Crippen LogP contribution in [-0.4, -0.2) is 49.1 Å². The van der Waals surface area contributed by atoms with Crippen LogP contribution in [0.2, 0.25) is 0 Å². The van der Waals surface area contributed by atoms with E-state index in [2.05, 4.69) is 27.7 Å². The Morgan fingerprint density at radius 1 is 1.06 bits per heavy atom. The molecule has 34 heavy (non-hydrogen) atoms. The Labute approximate surface area is 202 Å². The molecule has 0 spiro atoms. The number of rotatable bonds is 8. The summed E-state index contributed by atoms with van der Waals surface area (Å²) in [6, 6.07) is 12.7. The number of carbonyl (C=O) groups excluding carboxylic acids is 2. The molecule has 0 bridgehead atoms. The highest BCUT2D eigenvalue weighted by atomic mass is 16.5. The van der Waals surface area contributed by atoms with Gasteiger partial charge in [0.25, 0.3) is 11.7 Å². The molecule has 1 aliphatic heterocycles. The van der Waals surface area contributed by atoms with E-state index >= 15 is 0 Å². The third-order valence-electron chi connectivity index (χ3n) is 6.31. The van der Waals surface area contributed by atoms with E-state index in [1.807, 2.05) is 36.4 Å². The summed E-state index contributed by atoms with van der Waals surface area (Å²) >= 11 is 0. The molecule has 2 aromatic carbocycles. The van der Waals surface area contributed by atoms with Gasteiger partial charge in [0.1, 0.15) is 11.5 Å². The zero-order valence-corrected chi connectivity index (χ0v) is 21.0. The van der Waals surface area contributed by atoms with E-state index in [0.29, 0.717) is 30.9 Å². The summed E-state index contributed by atoms with van der Waals surface area (Å²) in [5, 5.41) is 11.5. The first-order valence-electron chi connectivity index (χ1n) is 11.7. The van der Waals surface area contributed by atoms with Crippen LogP contribution >= 0.6 is 0 Å². The Hall–Kier alpha value is -3.12. The molecule has 3 rings (SSSR count). The summed E-state index contributed by atoms with van der Waals surface area (Å²) < 4.78 is 10.7. The molecular formula is C28H35NO5. The molecule has 6 heteroatoms. The van der Waals surface area contributed by atoms with Crippen LogP contribution in [0.5, 0.6) is 5.75 Å². The third kappa shape index (κ3) is 5.02. The predicted molar refractivity (Wildman–Crippen MR) is 133 cm³/mol. The van der Waals surface area contributed by atoms with Gasteiger partial charge in [-0.1, -0.05) is 58.0 Å². The van der Waals surface area contributed by atoms with Gasteiger partial charge < -0.3 is 19.5 Å². The van der Waals surface area contributed by atoms with Gasteiger partial charge in [-0.25, -0.2) is 0 Å². The summed E-state index contributed by atoms with van der Waals surface area (Å²) in [6.07, 6.45) is 1.46. The van der Waals surface area contributed by atoms with Crippen molar-refractivity contribution < 1.29 is 24.2 Å². The maximum Gasteiger partial charge on any atom is 0.295 e. The summed E-state index contributed by atoms with van der Waals surface area (Å²) in [4.78, 5) is 27.9. The third-order valence-corrected chi connectivity index (χ3v) is 6.31. The summed E-state index contributed by atoms with van der Waals surface area (Å²) in [5.41, 5.74) is 3.22. The van der Waals surface area contributed by atoms with E-state index in [1.165, 1.54) is 12.0 Å². The van der Waals surface area contributed by atoms with Crippen LogP contribution in [0.1, 0.15) is 62.4 Å². The number of aliphatic hydroxyl groups excluding tert-OH is 1. The number of carbonyl (C=O) groups is 2. The Kier molecular flexibility index (Phi) is 7.82. The van der Waals surface area contributed by atoms with Gasteiger partial charge in [-0.2, -0.15) is 0 Å². The van der Waals surface area contributed by atoms with Crippen molar-refractivity contribution in [1.82, 2.24) is 4.90 Å². The minimum Gasteiger partial charge on any atom is -0.507 e. The van der Waals surface area contributed by atoms with Gasteiger partial charge in [-0.15, -0.1) is 0 Å². The first-order valence-corrected chi connectivity index (χ1v) is 11.7. The number of ketones is 1. The van der Waals surface area contributed by atoms with Gasteiger partial charge in [0.15, 0.2) is 0 Å². The lowest BCUT2D eigenvalue weighted by molar-refractivity contribution is -0.140. The minimum absolute atomic E-state index is 0.0797. The summed E-state index contributed by atoms with van der Waals surface area (Å²) in [5.74, 6) is -1.09. The number of ether oxygens (including phenoxy) is 2. The van der Waals surface area contributed by atoms with Crippen molar-refractivity contribution in [3.05, 3.63) is 70.3 Å². The van der Waals surface area contributed by atoms with Gasteiger partial charge in [0.2, 0.25) is 0 Å². The highest BCUT2D eigenvalue weighted by Gasteiger charge is 2.46. The first kappa shape index (κ1) is 25.5. The Balaban J connectivity index is 2.21. The molecule has 1 unspecified atom stereocenters. The fourth-order valence-electron chi connectivity index (χ4n) is 4.28. The lowest BCUT2D eigenvalue weighted by Gasteiger charge is -2.26. The van der Waals surface area contributed by atoms with E-state index in [-0.39, 0.29) is 16.7 Å². The molecule has 1 N–H and O–H groups in total. The summed E-state index contributed by atoms with van der Waals surface area (Å²) in [7, 11) is 3.12. The normalized spacial score (nSPS) is 17.9. The smallest absolute Gasteiger partial charge is 0.295 e. The number of hydrogen-bond donors (Lipinski definition) is 1. The fourth-order valence-corrected chi connectivity index (χ4v) is 4.28. The van der Waals surface area contributed by atoms with Crippen LogP contribution < -0.4 is 4.74 Å². The van der Waals surface area contributed by atoms with Crippen LogP contribution in [0, 0.1) is 0 Å². The molecule has 1 aliphatic rings. The van der Waals surface area contributed by atoms with Crippen LogP contribution in [0.3, 0.4) is 0 Å². The summed E-state index contributed by atoms with van der Waals surface area (Å²) in [6.45, 7) is 9.09. The van der Waals surface area contributed by atoms with Crippen LogP contribution in [0.15, 0.2) is 48.0 Å². The van der Waals surface area contributed by atoms with E-state index in [4.69, 9.17) is 9.47 Å². The van der Waals surface area contributed by atoms with Crippen molar-refractivity contribution in [2.75, 3.05) is 27.4 Å². The Bertz CT molecular complexity index is 1080. The van der Waals surface area contributed by atoms with E-state index in [9.17, 15) is 14.7 Å². The number of hydrogen-bond acceptors (Lipinski definition) is 5. The molecule has 0 aromatic heterocycles. The molecular weight excluding hydrogens is 430 g/mol. The van der Waals surface area contributed by atoms with Crippen molar-refractivity contribution in [1.29, 1.82) is 0 Å². The molecule has 1 heterocycles. The molecule has 182 valence electrons. The number of aryl methyl sites for hydroxylation is 1. The SMILES string of the molecule is CCc1ccc(C2/C(=C(\O)c3cc(C(C)(C)C)ccc3OC)C(=O)C(=O)N2CCCOC)cc1. The average molecular weight is 466 g/mol. The monoisotopic (exact) mass is 465 g/mol. The molecule has 1 fully saturated rings. The minimum atomic E-state index is -0.692. The van der Waals surface area contributed by atoms with Gasteiger partial charge >= 0.3 is 0 Å². The maximum atomic E-state index is 13.3. The standard InChI is InChI=1S/C28H35NO5/c1-7-18-9-11-19(12-10-18)24-23(26(31)27(32)29(24)15-8-16-33-5)25(30)21-17-20(28(2,3)4)13-14-22(21)34-6/h9-14,17,24,30H,7-8,15-16H2,1-6H3/b25-23+. The van der Waals surface area contributed by atoms with E-state index in [1.54, 1.807) is 13.2 Å². The quantitative estimate of drug-likeness (QED) is 0.257. The highest BCUT2D eigenvalue weighted by molar-refractivity contribution is 6.46. The number of aliphatic hydroxyl groups is 1. The van der Waals surface area contributed by atoms with Crippen molar-refractivity contribution >= 4 is 17.4 Å². The van der Waals surface area contributed by atoms with Crippen molar-refractivity contribution in [2.45, 2.75) is 52.0 Å². The van der Waals surface area contributed by atoms with Gasteiger partial charge in [0.05, 0.1) is 24.3 Å². The van der Waals surface area contributed by atoms with Crippen LogP contribution in [0.25, 0.3) is 5.76 Å². The lowest BCUT2D eigenvalue weighted by Crippen LogP contribution is -2.31. The number of benzene rings is 2. The highest BCUT2D eigenvalue weighted by Crippen LogP contribution is 2.42. The Morgan fingerprint density at radius 3 is 2.29 bits per heavy atom. The molecule has 1 saturated heterocycles. The molecule has 1 amide bonds. The zero-order valence-electron chi connectivity index (χ0n) is 21.0. The van der Waals surface area contributed by atoms with Gasteiger partial charge in [0, 0.05) is 20.3 Å². The van der Waals surface area contributed by atoms with Crippen molar-refractivity contribution in [2.24, 2.45) is 0 Å². The average Bonchev–Trinajstić information content (AvgIpc) is 3.07. The molecule has 6 nitrogen and oxygen atoms in total. The van der Waals surface area contributed by atoms with Gasteiger partial charge in [-0.3, -0.25) is 9.59 Å². The number of methoxy groups -OCH3 is 2. The largest absolute Gasteiger partial charge is 0.507 e. The second-order valence-corrected chi connectivity index (χ2v) is 9.60. The molecule has 0 radical (unpaired) electrons. The fraction of sp³-hybridized carbons (Fsp3) is 0.429. The topological polar surface area (TPSA) is 76.1 Å². The number of likely N-dealkylation sites (tertiary alicyclic amines) is 1. The Morgan fingerprint density at radius 2 is 1.74 bits per heavy atom. The van der Waals surface area contributed by atoms with E-state index in [0.717, 1.165) is 23.1 Å². The predicted octanol–water partition coefficient (Wildman–Crippen LogP) is 5.01. The van der Waals surface area contributed by atoms with Crippen molar-refractivity contribution in [3.63, 3.8) is 0 Å². The van der Waals surface area contributed by atoms with Crippen LogP contribution in [-0.2, 0) is 26.2 Å². The van der Waals surface area contributed by atoms with Gasteiger partial charge in [-0.05, 0) is 47.1 Å². The molecule has 2 aromatic rings. The second-order valence-electron chi connectivity index (χ2n) is 9.60. The molecule has 0 saturated carbocycles. The lowest BCUT2D eigenvalue weighted by atomic mass is 9.85. The van der Waals surface area contributed by atoms with E-state index < -0.39 is 17.7 Å². The maximum absolute atomic E-state index is 13.3. The second kappa shape index (κ2) is 10.4. The first-order chi connectivity index (χ1) is 16.1. The number of Topliss-reactive ketones (excluding diaryl/α,β-unsaturated/α-hetero) is 1.